The van der Waals surface area contributed by atoms with Gasteiger partial charge in [0.2, 0.25) is 0 Å². The first-order chi connectivity index (χ1) is 12.7. The number of amides is 2. The Bertz CT molecular complexity index is 743. The molecule has 0 aliphatic carbocycles. The summed E-state index contributed by atoms with van der Waals surface area (Å²) in [5.74, 6) is 1.53. The van der Waals surface area contributed by atoms with Gasteiger partial charge in [0.25, 0.3) is 0 Å². The molecule has 1 aliphatic heterocycles. The van der Waals surface area contributed by atoms with Gasteiger partial charge < -0.3 is 19.5 Å². The van der Waals surface area contributed by atoms with Gasteiger partial charge >= 0.3 is 6.03 Å². The van der Waals surface area contributed by atoms with Crippen molar-refractivity contribution in [1.29, 1.82) is 0 Å². The third kappa shape index (κ3) is 3.69. The second kappa shape index (κ2) is 8.25. The van der Waals surface area contributed by atoms with Gasteiger partial charge in [0, 0.05) is 37.6 Å². The molecule has 1 saturated heterocycles. The zero-order valence-electron chi connectivity index (χ0n) is 15.8. The van der Waals surface area contributed by atoms with E-state index in [-0.39, 0.29) is 12.1 Å². The lowest BCUT2D eigenvalue weighted by atomic mass is 10.0. The first kappa shape index (κ1) is 18.3. The zero-order chi connectivity index (χ0) is 18.5. The summed E-state index contributed by atoms with van der Waals surface area (Å²) >= 11 is 0. The quantitative estimate of drug-likeness (QED) is 0.892. The van der Waals surface area contributed by atoms with Crippen LogP contribution < -0.4 is 10.1 Å². The van der Waals surface area contributed by atoms with E-state index in [1.165, 1.54) is 6.42 Å². The van der Waals surface area contributed by atoms with Gasteiger partial charge in [-0.15, -0.1) is 0 Å². The van der Waals surface area contributed by atoms with Gasteiger partial charge in [-0.25, -0.2) is 9.78 Å². The minimum absolute atomic E-state index is 0.0320. The summed E-state index contributed by atoms with van der Waals surface area (Å²) < 4.78 is 7.47. The molecule has 0 radical (unpaired) electrons. The van der Waals surface area contributed by atoms with E-state index in [4.69, 9.17) is 4.74 Å². The van der Waals surface area contributed by atoms with Crippen molar-refractivity contribution >= 4 is 6.03 Å². The highest BCUT2D eigenvalue weighted by Gasteiger charge is 2.30. The second-order valence-electron chi connectivity index (χ2n) is 6.77. The van der Waals surface area contributed by atoms with Crippen molar-refractivity contribution in [1.82, 2.24) is 19.8 Å². The Morgan fingerprint density at radius 2 is 2.19 bits per heavy atom. The molecule has 0 saturated carbocycles. The van der Waals surface area contributed by atoms with Crippen LogP contribution in [0.4, 0.5) is 4.79 Å². The lowest BCUT2D eigenvalue weighted by Crippen LogP contribution is -2.49. The van der Waals surface area contributed by atoms with E-state index in [1.807, 2.05) is 47.0 Å². The summed E-state index contributed by atoms with van der Waals surface area (Å²) in [6, 6.07) is 7.68. The number of piperidine rings is 1. The van der Waals surface area contributed by atoms with E-state index >= 15 is 0 Å². The summed E-state index contributed by atoms with van der Waals surface area (Å²) in [7, 11) is 3.58. The van der Waals surface area contributed by atoms with Gasteiger partial charge in [0.15, 0.2) is 0 Å². The molecular formula is C20H28N4O2. The van der Waals surface area contributed by atoms with Crippen molar-refractivity contribution in [3.63, 3.8) is 0 Å². The molecule has 2 amide bonds. The maximum Gasteiger partial charge on any atom is 0.318 e. The molecule has 6 heteroatoms. The molecular weight excluding hydrogens is 328 g/mol. The van der Waals surface area contributed by atoms with Gasteiger partial charge in [-0.3, -0.25) is 0 Å². The molecule has 1 aromatic carbocycles. The molecule has 6 nitrogen and oxygen atoms in total. The first-order valence-electron chi connectivity index (χ1n) is 9.33. The average Bonchev–Trinajstić information content (AvgIpc) is 3.11. The number of para-hydroxylation sites is 1. The van der Waals surface area contributed by atoms with Gasteiger partial charge in [-0.05, 0) is 31.7 Å². The molecule has 1 aliphatic rings. The van der Waals surface area contributed by atoms with Gasteiger partial charge in [0.1, 0.15) is 17.6 Å². The number of aromatic nitrogens is 2. The zero-order valence-corrected chi connectivity index (χ0v) is 15.8. The van der Waals surface area contributed by atoms with Crippen LogP contribution in [-0.2, 0) is 7.05 Å². The number of ether oxygens (including phenoxy) is 1. The van der Waals surface area contributed by atoms with Crippen LogP contribution in [0.1, 0.15) is 50.0 Å². The summed E-state index contributed by atoms with van der Waals surface area (Å²) in [4.78, 5) is 19.6. The predicted molar refractivity (Wildman–Crippen MR) is 101 cm³/mol. The van der Waals surface area contributed by atoms with Gasteiger partial charge in [-0.1, -0.05) is 25.1 Å². The number of nitrogens with zero attached hydrogens (tertiary/aromatic N) is 3. The van der Waals surface area contributed by atoms with Crippen LogP contribution in [0.5, 0.6) is 5.75 Å². The van der Waals surface area contributed by atoms with Crippen LogP contribution in [0.3, 0.4) is 0 Å². The SMILES string of the molecule is CCC1CCCCN1C(=O)NC(c1ccccc1OC)c1nccn1C. The molecule has 1 fully saturated rings. The Labute approximate surface area is 155 Å². The van der Waals surface area contributed by atoms with Crippen molar-refractivity contribution in [2.45, 2.75) is 44.7 Å². The maximum absolute atomic E-state index is 13.1. The van der Waals surface area contributed by atoms with Crippen molar-refractivity contribution in [2.75, 3.05) is 13.7 Å². The van der Waals surface area contributed by atoms with Gasteiger partial charge in [0.05, 0.1) is 7.11 Å². The monoisotopic (exact) mass is 356 g/mol. The molecule has 2 aromatic rings. The summed E-state index contributed by atoms with van der Waals surface area (Å²) in [6.45, 7) is 2.95. The minimum Gasteiger partial charge on any atom is -0.496 e. The molecule has 140 valence electrons. The van der Waals surface area contributed by atoms with Crippen LogP contribution in [-0.4, -0.2) is 40.2 Å². The first-order valence-corrected chi connectivity index (χ1v) is 9.33. The van der Waals surface area contributed by atoms with Gasteiger partial charge in [-0.2, -0.15) is 0 Å². The summed E-state index contributed by atoms with van der Waals surface area (Å²) in [6.07, 6.45) is 7.95. The molecule has 2 unspecified atom stereocenters. The topological polar surface area (TPSA) is 59.4 Å². The van der Waals surface area contributed by atoms with E-state index in [2.05, 4.69) is 17.2 Å². The number of nitrogens with one attached hydrogen (secondary N) is 1. The molecule has 3 rings (SSSR count). The van der Waals surface area contributed by atoms with E-state index < -0.39 is 0 Å². The number of hydrogen-bond donors (Lipinski definition) is 1. The smallest absolute Gasteiger partial charge is 0.318 e. The Hall–Kier alpha value is -2.50. The number of hydrogen-bond acceptors (Lipinski definition) is 3. The highest BCUT2D eigenvalue weighted by Crippen LogP contribution is 2.30. The normalized spacial score (nSPS) is 18.4. The standard InChI is InChI=1S/C20H28N4O2/c1-4-15-9-7-8-13-24(15)20(25)22-18(19-21-12-14-23(19)2)16-10-5-6-11-17(16)26-3/h5-6,10-12,14-15,18H,4,7-9,13H2,1-3H3,(H,22,25). The number of carbonyl (C=O) groups is 1. The minimum atomic E-state index is -0.363. The number of methoxy groups -OCH3 is 1. The lowest BCUT2D eigenvalue weighted by Gasteiger charge is -2.36. The van der Waals surface area contributed by atoms with E-state index in [0.717, 1.165) is 42.9 Å². The van der Waals surface area contributed by atoms with Crippen LogP contribution in [0.15, 0.2) is 36.7 Å². The molecule has 0 bridgehead atoms. The third-order valence-corrected chi connectivity index (χ3v) is 5.19. The highest BCUT2D eigenvalue weighted by atomic mass is 16.5. The number of aryl methyl sites for hydroxylation is 1. The Morgan fingerprint density at radius 3 is 2.88 bits per heavy atom. The predicted octanol–water partition coefficient (Wildman–Crippen LogP) is 3.49. The fourth-order valence-corrected chi connectivity index (χ4v) is 3.74. The van der Waals surface area contributed by atoms with E-state index in [1.54, 1.807) is 13.3 Å². The lowest BCUT2D eigenvalue weighted by molar-refractivity contribution is 0.146. The summed E-state index contributed by atoms with van der Waals surface area (Å²) in [5.41, 5.74) is 0.905. The van der Waals surface area contributed by atoms with Crippen LogP contribution in [0, 0.1) is 0 Å². The molecule has 2 heterocycles. The number of likely N-dealkylation sites (tertiary alicyclic amines) is 1. The van der Waals surface area contributed by atoms with Crippen LogP contribution in [0.25, 0.3) is 0 Å². The molecule has 26 heavy (non-hydrogen) atoms. The summed E-state index contributed by atoms with van der Waals surface area (Å²) in [5, 5.41) is 3.21. The fraction of sp³-hybridized carbons (Fsp3) is 0.500. The van der Waals surface area contributed by atoms with Crippen LogP contribution >= 0.6 is 0 Å². The number of carbonyl (C=O) groups excluding carboxylic acids is 1. The van der Waals surface area contributed by atoms with Crippen molar-refractivity contribution < 1.29 is 9.53 Å². The van der Waals surface area contributed by atoms with E-state index in [0.29, 0.717) is 6.04 Å². The largest absolute Gasteiger partial charge is 0.496 e. The third-order valence-electron chi connectivity index (χ3n) is 5.19. The van der Waals surface area contributed by atoms with Crippen molar-refractivity contribution in [3.8, 4) is 5.75 Å². The van der Waals surface area contributed by atoms with Crippen molar-refractivity contribution in [3.05, 3.63) is 48.0 Å². The molecule has 2 atom stereocenters. The second-order valence-corrected chi connectivity index (χ2v) is 6.77. The number of rotatable bonds is 5. The number of benzene rings is 1. The van der Waals surface area contributed by atoms with E-state index in [9.17, 15) is 4.79 Å². The number of urea groups is 1. The molecule has 1 N–H and O–H groups in total. The van der Waals surface area contributed by atoms with Crippen molar-refractivity contribution in [2.24, 2.45) is 7.05 Å². The molecule has 0 spiro atoms. The average molecular weight is 356 g/mol. The Morgan fingerprint density at radius 1 is 1.38 bits per heavy atom. The van der Waals surface area contributed by atoms with Crippen LogP contribution in [0.2, 0.25) is 0 Å². The highest BCUT2D eigenvalue weighted by molar-refractivity contribution is 5.76. The number of imidazole rings is 1. The fourth-order valence-electron chi connectivity index (χ4n) is 3.74. The maximum atomic E-state index is 13.1. The molecule has 1 aromatic heterocycles. The Balaban J connectivity index is 1.92. The Kier molecular flexibility index (Phi) is 5.81.